The van der Waals surface area contributed by atoms with Gasteiger partial charge in [0, 0.05) is 30.1 Å². The first-order valence-electron chi connectivity index (χ1n) is 8.78. The second kappa shape index (κ2) is 14.1. The van der Waals surface area contributed by atoms with E-state index in [4.69, 9.17) is 9.47 Å². The molecule has 0 saturated carbocycles. The number of esters is 2. The zero-order chi connectivity index (χ0) is 20.1. The summed E-state index contributed by atoms with van der Waals surface area (Å²) in [5, 5.41) is 0. The lowest BCUT2D eigenvalue weighted by Crippen LogP contribution is -2.25. The van der Waals surface area contributed by atoms with Crippen molar-refractivity contribution in [3.8, 4) is 0 Å². The van der Waals surface area contributed by atoms with Crippen molar-refractivity contribution in [2.75, 3.05) is 43.2 Å². The van der Waals surface area contributed by atoms with E-state index < -0.39 is 0 Å². The summed E-state index contributed by atoms with van der Waals surface area (Å²) in [4.78, 5) is 26.5. The van der Waals surface area contributed by atoms with Crippen molar-refractivity contribution in [1.29, 1.82) is 0 Å². The zero-order valence-corrected chi connectivity index (χ0v) is 18.5. The summed E-state index contributed by atoms with van der Waals surface area (Å²) in [7, 11) is 1.89. The van der Waals surface area contributed by atoms with Crippen LogP contribution in [-0.2, 0) is 19.1 Å². The van der Waals surface area contributed by atoms with Crippen molar-refractivity contribution in [3.63, 3.8) is 0 Å². The molecule has 0 aromatic carbocycles. The predicted molar refractivity (Wildman–Crippen MR) is 118 cm³/mol. The van der Waals surface area contributed by atoms with Crippen LogP contribution in [0.4, 0.5) is 0 Å². The highest BCUT2D eigenvalue weighted by Gasteiger charge is 2.18. The standard InChI is InChI=1S/C19H29NO4S3/c1-15-11-26-13-17(14-27-12-15)24-19(22)7-6-18(21)23-10-9-20(3)8-4-5-16(2)25/h4-5,8,17,25H,1,6-7,9-14H2,2-3H3/b8-4+,16-5+. The van der Waals surface area contributed by atoms with Crippen molar-refractivity contribution < 1.29 is 19.1 Å². The molecule has 0 aliphatic carbocycles. The molecule has 0 radical (unpaired) electrons. The van der Waals surface area contributed by atoms with Crippen LogP contribution in [-0.4, -0.2) is 66.2 Å². The number of ether oxygens (including phenoxy) is 2. The quantitative estimate of drug-likeness (QED) is 0.259. The van der Waals surface area contributed by atoms with Gasteiger partial charge in [0.25, 0.3) is 0 Å². The Bertz CT molecular complexity index is 547. The third-order valence-electron chi connectivity index (χ3n) is 3.44. The van der Waals surface area contributed by atoms with E-state index in [-0.39, 0.29) is 37.5 Å². The molecule has 0 bridgehead atoms. The first-order valence-corrected chi connectivity index (χ1v) is 11.5. The Hall–Kier alpha value is -0.990. The van der Waals surface area contributed by atoms with E-state index in [2.05, 4.69) is 19.2 Å². The van der Waals surface area contributed by atoms with Gasteiger partial charge in [-0.3, -0.25) is 9.59 Å². The second-order valence-electron chi connectivity index (χ2n) is 6.24. The molecule has 0 atom stereocenters. The van der Waals surface area contributed by atoms with Crippen molar-refractivity contribution in [1.82, 2.24) is 4.90 Å². The molecule has 1 fully saturated rings. The van der Waals surface area contributed by atoms with Crippen LogP contribution in [0.25, 0.3) is 0 Å². The molecule has 5 nitrogen and oxygen atoms in total. The predicted octanol–water partition coefficient (Wildman–Crippen LogP) is 3.54. The van der Waals surface area contributed by atoms with E-state index in [0.29, 0.717) is 6.54 Å². The number of rotatable bonds is 9. The summed E-state index contributed by atoms with van der Waals surface area (Å²) in [5.74, 6) is 2.62. The molecule has 0 spiro atoms. The van der Waals surface area contributed by atoms with E-state index in [1.54, 1.807) is 23.5 Å². The van der Waals surface area contributed by atoms with E-state index >= 15 is 0 Å². The van der Waals surface area contributed by atoms with Crippen molar-refractivity contribution in [2.24, 2.45) is 0 Å². The zero-order valence-electron chi connectivity index (χ0n) is 16.0. The molecule has 1 heterocycles. The van der Waals surface area contributed by atoms with E-state index in [0.717, 1.165) is 27.9 Å². The number of carbonyl (C=O) groups is 2. The second-order valence-corrected chi connectivity index (χ2v) is 9.01. The lowest BCUT2D eigenvalue weighted by Gasteiger charge is -2.20. The first kappa shape index (κ1) is 24.0. The number of likely N-dealkylation sites (N-methyl/N-ethyl adjacent to an activating group) is 1. The topological polar surface area (TPSA) is 55.8 Å². The Labute approximate surface area is 176 Å². The normalized spacial score (nSPS) is 16.7. The minimum atomic E-state index is -0.381. The maximum Gasteiger partial charge on any atom is 0.306 e. The van der Waals surface area contributed by atoms with Crippen molar-refractivity contribution in [3.05, 3.63) is 35.4 Å². The fourth-order valence-electron chi connectivity index (χ4n) is 2.06. The average Bonchev–Trinajstić information content (AvgIpc) is 2.57. The number of hydrogen-bond donors (Lipinski definition) is 1. The molecule has 152 valence electrons. The number of carbonyl (C=O) groups excluding carboxylic acids is 2. The summed E-state index contributed by atoms with van der Waals surface area (Å²) < 4.78 is 10.6. The van der Waals surface area contributed by atoms with Gasteiger partial charge in [0.05, 0.1) is 19.4 Å². The smallest absolute Gasteiger partial charge is 0.306 e. The van der Waals surface area contributed by atoms with Crippen molar-refractivity contribution >= 4 is 48.1 Å². The van der Waals surface area contributed by atoms with Crippen LogP contribution in [0.2, 0.25) is 0 Å². The monoisotopic (exact) mass is 431 g/mol. The van der Waals surface area contributed by atoms with Crippen LogP contribution >= 0.6 is 36.2 Å². The highest BCUT2D eigenvalue weighted by atomic mass is 32.2. The van der Waals surface area contributed by atoms with Crippen LogP contribution in [0.1, 0.15) is 19.8 Å². The summed E-state index contributed by atoms with van der Waals surface area (Å²) in [6.45, 7) is 6.74. The van der Waals surface area contributed by atoms with Gasteiger partial charge in [-0.15, -0.1) is 12.6 Å². The molecule has 0 unspecified atom stereocenters. The van der Waals surface area contributed by atoms with Crippen LogP contribution in [0.3, 0.4) is 0 Å². The molecule has 1 saturated heterocycles. The van der Waals surface area contributed by atoms with Gasteiger partial charge < -0.3 is 14.4 Å². The number of allylic oxidation sites excluding steroid dienone is 3. The molecule has 0 aromatic heterocycles. The lowest BCUT2D eigenvalue weighted by atomic mass is 10.3. The van der Waals surface area contributed by atoms with Gasteiger partial charge in [-0.25, -0.2) is 0 Å². The molecule has 0 N–H and O–H groups in total. The molecule has 0 amide bonds. The fourth-order valence-corrected chi connectivity index (χ4v) is 4.33. The summed E-state index contributed by atoms with van der Waals surface area (Å²) in [5.41, 5.74) is 1.21. The highest BCUT2D eigenvalue weighted by Crippen LogP contribution is 2.21. The summed E-state index contributed by atoms with van der Waals surface area (Å²) >= 11 is 7.64. The van der Waals surface area contributed by atoms with Crippen LogP contribution in [0.5, 0.6) is 0 Å². The van der Waals surface area contributed by atoms with Gasteiger partial charge in [-0.05, 0) is 24.1 Å². The Morgan fingerprint density at radius 1 is 1.26 bits per heavy atom. The maximum atomic E-state index is 11.9. The van der Waals surface area contributed by atoms with Crippen LogP contribution < -0.4 is 0 Å². The summed E-state index contributed by atoms with van der Waals surface area (Å²) in [6.07, 6.45) is 5.63. The van der Waals surface area contributed by atoms with Crippen LogP contribution in [0.15, 0.2) is 35.4 Å². The third kappa shape index (κ3) is 12.9. The van der Waals surface area contributed by atoms with E-state index in [9.17, 15) is 9.59 Å². The SMILES string of the molecule is C=C1CSCC(OC(=O)CCC(=O)OCCN(C)/C=C/C=C(\C)S)CSC1. The fraction of sp³-hybridized carbons (Fsp3) is 0.579. The molecule has 1 rings (SSSR count). The Morgan fingerprint density at radius 3 is 2.52 bits per heavy atom. The van der Waals surface area contributed by atoms with Gasteiger partial charge in [-0.2, -0.15) is 23.5 Å². The number of thioether (sulfide) groups is 2. The number of nitrogens with zero attached hydrogens (tertiary/aromatic N) is 1. The van der Waals surface area contributed by atoms with Gasteiger partial charge >= 0.3 is 11.9 Å². The Morgan fingerprint density at radius 2 is 1.89 bits per heavy atom. The minimum absolute atomic E-state index is 0.0454. The lowest BCUT2D eigenvalue weighted by molar-refractivity contribution is -0.152. The number of thiol groups is 1. The van der Waals surface area contributed by atoms with Crippen LogP contribution in [0, 0.1) is 0 Å². The molecule has 1 aliphatic heterocycles. The van der Waals surface area contributed by atoms with E-state index in [1.807, 2.05) is 37.2 Å². The maximum absolute atomic E-state index is 11.9. The molecule has 1 aliphatic rings. The molecule has 27 heavy (non-hydrogen) atoms. The third-order valence-corrected chi connectivity index (χ3v) is 6.03. The Balaban J connectivity index is 2.16. The van der Waals surface area contributed by atoms with E-state index in [1.165, 1.54) is 5.57 Å². The summed E-state index contributed by atoms with van der Waals surface area (Å²) in [6, 6.07) is 0. The van der Waals surface area contributed by atoms with Gasteiger partial charge in [0.1, 0.15) is 12.7 Å². The Kier molecular flexibility index (Phi) is 12.5. The van der Waals surface area contributed by atoms with Gasteiger partial charge in [0.15, 0.2) is 0 Å². The number of hydrogen-bond acceptors (Lipinski definition) is 8. The molecular formula is C19H29NO4S3. The van der Waals surface area contributed by atoms with Gasteiger partial charge in [0.2, 0.25) is 0 Å². The molecular weight excluding hydrogens is 402 g/mol. The average molecular weight is 432 g/mol. The molecule has 8 heteroatoms. The highest BCUT2D eigenvalue weighted by molar-refractivity contribution is 8.01. The first-order chi connectivity index (χ1) is 12.9. The minimum Gasteiger partial charge on any atom is -0.464 e. The van der Waals surface area contributed by atoms with Gasteiger partial charge in [-0.1, -0.05) is 18.2 Å². The van der Waals surface area contributed by atoms with Crippen molar-refractivity contribution in [2.45, 2.75) is 25.9 Å². The largest absolute Gasteiger partial charge is 0.464 e. The molecule has 0 aromatic rings.